The Morgan fingerprint density at radius 3 is 2.71 bits per heavy atom. The summed E-state index contributed by atoms with van der Waals surface area (Å²) in [5.74, 6) is -1.20. The van der Waals surface area contributed by atoms with Crippen molar-refractivity contribution >= 4 is 27.8 Å². The molecule has 114 valence electrons. The quantitative estimate of drug-likeness (QED) is 0.796. The minimum Gasteiger partial charge on any atom is -0.480 e. The highest BCUT2D eigenvalue weighted by Gasteiger charge is 2.27. The van der Waals surface area contributed by atoms with Crippen LogP contribution in [0.5, 0.6) is 0 Å². The van der Waals surface area contributed by atoms with Gasteiger partial charge in [-0.05, 0) is 40.4 Å². The fourth-order valence-electron chi connectivity index (χ4n) is 2.65. The molecule has 1 heterocycles. The summed E-state index contributed by atoms with van der Waals surface area (Å²) in [4.78, 5) is 27.6. The minimum atomic E-state index is -1.02. The number of hydrogen-bond acceptors (Lipinski definition) is 3. The molecule has 1 amide bonds. The van der Waals surface area contributed by atoms with Gasteiger partial charge in [-0.25, -0.2) is 9.78 Å². The standard InChI is InChI=1S/C15H19BrN2O3/c16-13-11(7-4-8-17-13)9-12(15(20)21)18-14(19)10-5-2-1-3-6-10/h4,7-8,10,12H,1-3,5-6,9H2,(H,18,19)(H,20,21)/t12-/m1/s1. The Hall–Kier alpha value is -1.43. The fourth-order valence-corrected chi connectivity index (χ4v) is 3.06. The number of rotatable bonds is 5. The average Bonchev–Trinajstić information content (AvgIpc) is 2.49. The van der Waals surface area contributed by atoms with Gasteiger partial charge < -0.3 is 10.4 Å². The second kappa shape index (κ2) is 7.54. The van der Waals surface area contributed by atoms with Crippen molar-refractivity contribution in [2.24, 2.45) is 5.92 Å². The Balaban J connectivity index is 2.00. The van der Waals surface area contributed by atoms with Gasteiger partial charge in [0.05, 0.1) is 0 Å². The predicted octanol–water partition coefficient (Wildman–Crippen LogP) is 2.54. The lowest BCUT2D eigenvalue weighted by Gasteiger charge is -2.23. The average molecular weight is 355 g/mol. The number of hydrogen-bond donors (Lipinski definition) is 2. The maximum atomic E-state index is 12.2. The Kier molecular flexibility index (Phi) is 5.73. The summed E-state index contributed by atoms with van der Waals surface area (Å²) in [6, 6.07) is 2.64. The molecule has 0 spiro atoms. The van der Waals surface area contributed by atoms with E-state index in [1.54, 1.807) is 18.3 Å². The van der Waals surface area contributed by atoms with Crippen molar-refractivity contribution in [1.82, 2.24) is 10.3 Å². The summed E-state index contributed by atoms with van der Waals surface area (Å²) < 4.78 is 0.614. The highest BCUT2D eigenvalue weighted by atomic mass is 79.9. The first-order valence-corrected chi connectivity index (χ1v) is 8.00. The third-order valence-electron chi connectivity index (χ3n) is 3.85. The van der Waals surface area contributed by atoms with Crippen molar-refractivity contribution in [3.63, 3.8) is 0 Å². The summed E-state index contributed by atoms with van der Waals surface area (Å²) in [5, 5.41) is 12.0. The van der Waals surface area contributed by atoms with E-state index in [0.717, 1.165) is 37.7 Å². The molecule has 0 radical (unpaired) electrons. The molecule has 0 aromatic carbocycles. The number of nitrogens with zero attached hydrogens (tertiary/aromatic N) is 1. The second-order valence-electron chi connectivity index (χ2n) is 5.39. The van der Waals surface area contributed by atoms with Crippen molar-refractivity contribution < 1.29 is 14.7 Å². The van der Waals surface area contributed by atoms with E-state index in [2.05, 4.69) is 26.2 Å². The fraction of sp³-hybridized carbons (Fsp3) is 0.533. The number of aliphatic carboxylic acids is 1. The zero-order valence-electron chi connectivity index (χ0n) is 11.7. The molecular formula is C15H19BrN2O3. The van der Waals surface area contributed by atoms with Crippen LogP contribution in [0.2, 0.25) is 0 Å². The zero-order valence-corrected chi connectivity index (χ0v) is 13.3. The van der Waals surface area contributed by atoms with Gasteiger partial charge in [0.25, 0.3) is 0 Å². The topological polar surface area (TPSA) is 79.3 Å². The SMILES string of the molecule is O=C(N[C@H](Cc1cccnc1Br)C(=O)O)C1CCCCC1. The molecule has 1 aromatic rings. The van der Waals surface area contributed by atoms with Crippen molar-refractivity contribution in [1.29, 1.82) is 0 Å². The van der Waals surface area contributed by atoms with Crippen LogP contribution in [0.3, 0.4) is 0 Å². The molecule has 0 aliphatic heterocycles. The smallest absolute Gasteiger partial charge is 0.326 e. The third-order valence-corrected chi connectivity index (χ3v) is 4.56. The number of nitrogens with one attached hydrogen (secondary N) is 1. The predicted molar refractivity (Wildman–Crippen MR) is 81.8 cm³/mol. The lowest BCUT2D eigenvalue weighted by molar-refractivity contribution is -0.142. The first kappa shape index (κ1) is 15.9. The number of amides is 1. The Morgan fingerprint density at radius 2 is 2.10 bits per heavy atom. The van der Waals surface area contributed by atoms with Gasteiger partial charge in [0.1, 0.15) is 10.6 Å². The van der Waals surface area contributed by atoms with Gasteiger partial charge in [0, 0.05) is 18.5 Å². The molecule has 0 unspecified atom stereocenters. The number of carbonyl (C=O) groups is 2. The van der Waals surface area contributed by atoms with Gasteiger partial charge in [-0.2, -0.15) is 0 Å². The van der Waals surface area contributed by atoms with Crippen molar-refractivity contribution in [3.8, 4) is 0 Å². The van der Waals surface area contributed by atoms with Gasteiger partial charge in [0.15, 0.2) is 0 Å². The normalized spacial score (nSPS) is 17.2. The Bertz CT molecular complexity index is 515. The number of carbonyl (C=O) groups excluding carboxylic acids is 1. The molecule has 1 atom stereocenters. The van der Waals surface area contributed by atoms with Crippen LogP contribution in [0.4, 0.5) is 0 Å². The summed E-state index contributed by atoms with van der Waals surface area (Å²) in [6.07, 6.45) is 6.82. The maximum absolute atomic E-state index is 12.2. The van der Waals surface area contributed by atoms with E-state index in [9.17, 15) is 14.7 Å². The number of carboxylic acid groups (broad SMARTS) is 1. The zero-order chi connectivity index (χ0) is 15.2. The van der Waals surface area contributed by atoms with Crippen LogP contribution in [0, 0.1) is 5.92 Å². The summed E-state index contributed by atoms with van der Waals surface area (Å²) >= 11 is 3.30. The van der Waals surface area contributed by atoms with Gasteiger partial charge in [-0.3, -0.25) is 4.79 Å². The molecule has 5 nitrogen and oxygen atoms in total. The first-order valence-electron chi connectivity index (χ1n) is 7.20. The summed E-state index contributed by atoms with van der Waals surface area (Å²) in [7, 11) is 0. The van der Waals surface area contributed by atoms with E-state index < -0.39 is 12.0 Å². The largest absolute Gasteiger partial charge is 0.480 e. The van der Waals surface area contributed by atoms with E-state index in [1.807, 2.05) is 0 Å². The molecule has 2 rings (SSSR count). The number of carboxylic acids is 1. The molecule has 1 aromatic heterocycles. The number of pyridine rings is 1. The molecule has 1 aliphatic carbocycles. The highest BCUT2D eigenvalue weighted by molar-refractivity contribution is 9.10. The Morgan fingerprint density at radius 1 is 1.38 bits per heavy atom. The van der Waals surface area contributed by atoms with Gasteiger partial charge in [0.2, 0.25) is 5.91 Å². The molecular weight excluding hydrogens is 336 g/mol. The van der Waals surface area contributed by atoms with Crippen LogP contribution in [-0.2, 0) is 16.0 Å². The summed E-state index contributed by atoms with van der Waals surface area (Å²) in [5.41, 5.74) is 0.772. The lowest BCUT2D eigenvalue weighted by Crippen LogP contribution is -2.45. The monoisotopic (exact) mass is 354 g/mol. The van der Waals surface area contributed by atoms with Crippen molar-refractivity contribution in [2.45, 2.75) is 44.6 Å². The molecule has 1 fully saturated rings. The third kappa shape index (κ3) is 4.52. The van der Waals surface area contributed by atoms with Gasteiger partial charge in [-0.1, -0.05) is 25.3 Å². The second-order valence-corrected chi connectivity index (χ2v) is 6.14. The number of halogens is 1. The van der Waals surface area contributed by atoms with Crippen molar-refractivity contribution in [2.75, 3.05) is 0 Å². The van der Waals surface area contributed by atoms with E-state index >= 15 is 0 Å². The van der Waals surface area contributed by atoms with Crippen molar-refractivity contribution in [3.05, 3.63) is 28.5 Å². The molecule has 0 saturated heterocycles. The van der Waals surface area contributed by atoms with Crippen LogP contribution < -0.4 is 5.32 Å². The van der Waals surface area contributed by atoms with E-state index in [1.165, 1.54) is 0 Å². The maximum Gasteiger partial charge on any atom is 0.326 e. The Labute approximate surface area is 132 Å². The van der Waals surface area contributed by atoms with Crippen LogP contribution in [0.25, 0.3) is 0 Å². The first-order chi connectivity index (χ1) is 10.1. The lowest BCUT2D eigenvalue weighted by atomic mass is 9.88. The van der Waals surface area contributed by atoms with Gasteiger partial charge >= 0.3 is 5.97 Å². The van der Waals surface area contributed by atoms with Crippen LogP contribution in [0.1, 0.15) is 37.7 Å². The summed E-state index contributed by atoms with van der Waals surface area (Å²) in [6.45, 7) is 0. The molecule has 1 aliphatic rings. The van der Waals surface area contributed by atoms with Crippen LogP contribution >= 0.6 is 15.9 Å². The van der Waals surface area contributed by atoms with Gasteiger partial charge in [-0.15, -0.1) is 0 Å². The van der Waals surface area contributed by atoms with E-state index in [0.29, 0.717) is 4.60 Å². The molecule has 21 heavy (non-hydrogen) atoms. The van der Waals surface area contributed by atoms with E-state index in [-0.39, 0.29) is 18.2 Å². The molecule has 1 saturated carbocycles. The van der Waals surface area contributed by atoms with E-state index in [4.69, 9.17) is 0 Å². The molecule has 0 bridgehead atoms. The molecule has 6 heteroatoms. The van der Waals surface area contributed by atoms with Crippen LogP contribution in [-0.4, -0.2) is 28.0 Å². The highest BCUT2D eigenvalue weighted by Crippen LogP contribution is 2.24. The number of aromatic nitrogens is 1. The minimum absolute atomic E-state index is 0.0436. The van der Waals surface area contributed by atoms with Crippen LogP contribution in [0.15, 0.2) is 22.9 Å². The molecule has 2 N–H and O–H groups in total.